The summed E-state index contributed by atoms with van der Waals surface area (Å²) in [7, 11) is -3.32. The molecule has 0 radical (unpaired) electrons. The second-order valence-corrected chi connectivity index (χ2v) is 10.3. The molecule has 1 unspecified atom stereocenters. The number of carbonyl (C=O) groups excluding carboxylic acids is 1. The Morgan fingerprint density at radius 2 is 1.74 bits per heavy atom. The summed E-state index contributed by atoms with van der Waals surface area (Å²) in [6.07, 6.45) is -4.06. The van der Waals surface area contributed by atoms with Gasteiger partial charge in [0, 0.05) is 18.3 Å². The molecule has 0 aromatic heterocycles. The van der Waals surface area contributed by atoms with E-state index in [9.17, 15) is 26.4 Å². The van der Waals surface area contributed by atoms with Crippen molar-refractivity contribution < 1.29 is 35.3 Å². The Hall–Kier alpha value is -3.73. The maximum absolute atomic E-state index is 13.1. The second-order valence-electron chi connectivity index (χ2n) is 8.73. The van der Waals surface area contributed by atoms with Crippen LogP contribution in [0, 0.1) is 6.92 Å². The molecule has 3 aromatic rings. The second kappa shape index (κ2) is 11.8. The van der Waals surface area contributed by atoms with Crippen LogP contribution in [0.3, 0.4) is 0 Å². The lowest BCUT2D eigenvalue weighted by Crippen LogP contribution is -2.40. The number of hydrogen-bond donors (Lipinski definition) is 1. The fraction of sp³-hybridized carbons (Fsp3) is 0.296. The average molecular weight is 551 g/mol. The lowest BCUT2D eigenvalue weighted by Gasteiger charge is -2.29. The predicted molar refractivity (Wildman–Crippen MR) is 138 cm³/mol. The van der Waals surface area contributed by atoms with Gasteiger partial charge in [0.15, 0.2) is 11.5 Å². The maximum atomic E-state index is 13.1. The quantitative estimate of drug-likeness (QED) is 0.303. The van der Waals surface area contributed by atoms with Crippen LogP contribution < -0.4 is 14.2 Å². The van der Waals surface area contributed by atoms with E-state index in [1.807, 2.05) is 39.0 Å². The standard InChI is InChI=1S/C27H29F3N2O5S/c1-5-19(3)32(26(33)31-22-10-6-8-18(2)14-22)17-20-12-13-24(36-4)25(15-20)37-38(34,35)23-11-7-9-21(16-23)27(28,29)30/h6-16,19H,5,17H2,1-4H3,(H,31,33). The molecule has 0 aliphatic heterocycles. The molecule has 0 aliphatic rings. The Morgan fingerprint density at radius 1 is 1.03 bits per heavy atom. The van der Waals surface area contributed by atoms with E-state index in [-0.39, 0.29) is 30.1 Å². The molecule has 0 bridgehead atoms. The summed E-state index contributed by atoms with van der Waals surface area (Å²) in [5.74, 6) is -0.158. The molecule has 1 N–H and O–H groups in total. The van der Waals surface area contributed by atoms with Gasteiger partial charge in [-0.25, -0.2) is 4.79 Å². The van der Waals surface area contributed by atoms with Gasteiger partial charge in [0.2, 0.25) is 0 Å². The zero-order valence-electron chi connectivity index (χ0n) is 21.4. The molecule has 0 fully saturated rings. The smallest absolute Gasteiger partial charge is 0.416 e. The number of anilines is 1. The SMILES string of the molecule is CCC(C)N(Cc1ccc(OC)c(OS(=O)(=O)c2cccc(C(F)(F)F)c2)c1)C(=O)Nc1cccc(C)c1. The Morgan fingerprint density at radius 3 is 2.37 bits per heavy atom. The van der Waals surface area contributed by atoms with Crippen LogP contribution in [0.25, 0.3) is 0 Å². The minimum Gasteiger partial charge on any atom is -0.493 e. The fourth-order valence-electron chi connectivity index (χ4n) is 3.64. The Kier molecular flexibility index (Phi) is 8.93. The molecular formula is C27H29F3N2O5S. The first-order chi connectivity index (χ1) is 17.8. The highest BCUT2D eigenvalue weighted by molar-refractivity contribution is 7.87. The first-order valence-electron chi connectivity index (χ1n) is 11.8. The Labute approximate surface area is 220 Å². The highest BCUT2D eigenvalue weighted by Crippen LogP contribution is 2.34. The third-order valence-electron chi connectivity index (χ3n) is 5.88. The van der Waals surface area contributed by atoms with Crippen LogP contribution in [0.1, 0.15) is 37.0 Å². The number of hydrogen-bond acceptors (Lipinski definition) is 5. The van der Waals surface area contributed by atoms with Crippen LogP contribution in [0.4, 0.5) is 23.7 Å². The van der Waals surface area contributed by atoms with Crippen LogP contribution in [0.2, 0.25) is 0 Å². The lowest BCUT2D eigenvalue weighted by molar-refractivity contribution is -0.137. The molecule has 38 heavy (non-hydrogen) atoms. The number of amides is 2. The Balaban J connectivity index is 1.89. The molecule has 0 saturated heterocycles. The number of halogens is 3. The van der Waals surface area contributed by atoms with Gasteiger partial charge in [0.25, 0.3) is 0 Å². The molecule has 3 aromatic carbocycles. The molecule has 204 valence electrons. The summed E-state index contributed by atoms with van der Waals surface area (Å²) in [5, 5.41) is 2.88. The number of urea groups is 1. The third-order valence-corrected chi connectivity index (χ3v) is 7.11. The monoisotopic (exact) mass is 550 g/mol. The first kappa shape index (κ1) is 28.8. The van der Waals surface area contributed by atoms with E-state index in [4.69, 9.17) is 8.92 Å². The highest BCUT2D eigenvalue weighted by atomic mass is 32.2. The van der Waals surface area contributed by atoms with Crippen molar-refractivity contribution in [1.82, 2.24) is 4.90 Å². The molecule has 0 heterocycles. The van der Waals surface area contributed by atoms with Crippen LogP contribution >= 0.6 is 0 Å². The molecule has 0 spiro atoms. The van der Waals surface area contributed by atoms with Crippen LogP contribution in [0.15, 0.2) is 71.6 Å². The number of ether oxygens (including phenoxy) is 1. The predicted octanol–water partition coefficient (Wildman–Crippen LogP) is 6.62. The van der Waals surface area contributed by atoms with E-state index in [0.29, 0.717) is 23.7 Å². The molecule has 11 heteroatoms. The Bertz CT molecular complexity index is 1390. The lowest BCUT2D eigenvalue weighted by atomic mass is 10.1. The van der Waals surface area contributed by atoms with E-state index in [2.05, 4.69) is 5.32 Å². The number of rotatable bonds is 9. The minimum atomic E-state index is -4.72. The van der Waals surface area contributed by atoms with Gasteiger partial charge in [-0.05, 0) is 73.9 Å². The summed E-state index contributed by atoms with van der Waals surface area (Å²) in [6, 6.07) is 14.6. The summed E-state index contributed by atoms with van der Waals surface area (Å²) in [4.78, 5) is 14.1. The van der Waals surface area contributed by atoms with E-state index in [0.717, 1.165) is 23.8 Å². The van der Waals surface area contributed by atoms with Gasteiger partial charge in [-0.15, -0.1) is 0 Å². The molecular weight excluding hydrogens is 521 g/mol. The minimum absolute atomic E-state index is 0.0589. The fourth-order valence-corrected chi connectivity index (χ4v) is 4.62. The zero-order chi connectivity index (χ0) is 28.1. The number of nitrogens with zero attached hydrogens (tertiary/aromatic N) is 1. The van der Waals surface area contributed by atoms with Crippen molar-refractivity contribution in [3.8, 4) is 11.5 Å². The molecule has 3 rings (SSSR count). The summed E-state index contributed by atoms with van der Waals surface area (Å²) in [5.41, 5.74) is 1.03. The number of carbonyl (C=O) groups is 1. The van der Waals surface area contributed by atoms with Crippen LogP contribution in [0.5, 0.6) is 11.5 Å². The van der Waals surface area contributed by atoms with Gasteiger partial charge >= 0.3 is 22.3 Å². The van der Waals surface area contributed by atoms with Gasteiger partial charge in [-0.2, -0.15) is 21.6 Å². The largest absolute Gasteiger partial charge is 0.493 e. The summed E-state index contributed by atoms with van der Waals surface area (Å²) in [6.45, 7) is 5.84. The molecule has 2 amide bonds. The summed E-state index contributed by atoms with van der Waals surface area (Å²) < 4.78 is 75.4. The van der Waals surface area contributed by atoms with Gasteiger partial charge in [-0.3, -0.25) is 0 Å². The number of alkyl halides is 3. The van der Waals surface area contributed by atoms with Crippen molar-refractivity contribution in [3.05, 3.63) is 83.4 Å². The topological polar surface area (TPSA) is 84.9 Å². The maximum Gasteiger partial charge on any atom is 0.416 e. The molecule has 0 aliphatic carbocycles. The van der Waals surface area contributed by atoms with Gasteiger partial charge in [0.1, 0.15) is 4.90 Å². The van der Waals surface area contributed by atoms with Crippen LogP contribution in [-0.2, 0) is 22.8 Å². The molecule has 7 nitrogen and oxygen atoms in total. The molecule has 0 saturated carbocycles. The van der Waals surface area contributed by atoms with Crippen molar-refractivity contribution >= 4 is 21.8 Å². The van der Waals surface area contributed by atoms with E-state index >= 15 is 0 Å². The van der Waals surface area contributed by atoms with Crippen molar-refractivity contribution in [3.63, 3.8) is 0 Å². The number of nitrogens with one attached hydrogen (secondary N) is 1. The van der Waals surface area contributed by atoms with Crippen molar-refractivity contribution in [2.45, 2.75) is 50.9 Å². The highest BCUT2D eigenvalue weighted by Gasteiger charge is 2.32. The average Bonchev–Trinajstić information content (AvgIpc) is 2.86. The van der Waals surface area contributed by atoms with E-state index in [1.54, 1.807) is 17.0 Å². The number of aryl methyl sites for hydroxylation is 1. The van der Waals surface area contributed by atoms with Gasteiger partial charge < -0.3 is 19.1 Å². The van der Waals surface area contributed by atoms with Crippen molar-refractivity contribution in [2.75, 3.05) is 12.4 Å². The van der Waals surface area contributed by atoms with Crippen LogP contribution in [-0.4, -0.2) is 32.5 Å². The van der Waals surface area contributed by atoms with Crippen molar-refractivity contribution in [1.29, 1.82) is 0 Å². The van der Waals surface area contributed by atoms with Crippen molar-refractivity contribution in [2.24, 2.45) is 0 Å². The van der Waals surface area contributed by atoms with Gasteiger partial charge in [-0.1, -0.05) is 31.2 Å². The molecule has 1 atom stereocenters. The zero-order valence-corrected chi connectivity index (χ0v) is 22.2. The normalized spacial score (nSPS) is 12.5. The number of methoxy groups -OCH3 is 1. The third kappa shape index (κ3) is 7.18. The first-order valence-corrected chi connectivity index (χ1v) is 13.2. The van der Waals surface area contributed by atoms with Gasteiger partial charge in [0.05, 0.1) is 12.7 Å². The summed E-state index contributed by atoms with van der Waals surface area (Å²) >= 11 is 0. The van der Waals surface area contributed by atoms with E-state index < -0.39 is 26.8 Å². The van der Waals surface area contributed by atoms with E-state index in [1.165, 1.54) is 19.2 Å². The number of benzene rings is 3.